The molecule has 0 unspecified atom stereocenters. The maximum Gasteiger partial charge on any atom is 0.290 e. The monoisotopic (exact) mass is 144 g/mol. The van der Waals surface area contributed by atoms with Crippen LogP contribution in [0.15, 0.2) is 0 Å². The molecule has 0 saturated carbocycles. The number of aliphatic hydroxyl groups is 1. The molecule has 0 saturated heterocycles. The molecule has 0 heterocycles. The van der Waals surface area contributed by atoms with Crippen molar-refractivity contribution in [3.8, 4) is 0 Å². The zero-order valence-corrected chi connectivity index (χ0v) is 5.75. The number of rotatable bonds is 7. The van der Waals surface area contributed by atoms with E-state index in [1.165, 1.54) is 7.41 Å². The third-order valence-corrected chi connectivity index (χ3v) is 0.812. The maximum absolute atomic E-state index is 9.69. The van der Waals surface area contributed by atoms with E-state index in [0.29, 0.717) is 25.9 Å². The van der Waals surface area contributed by atoms with Crippen LogP contribution in [0.25, 0.3) is 0 Å². The maximum atomic E-state index is 9.69. The number of carbonyl (C=O) groups excluding carboxylic acids is 1. The summed E-state index contributed by atoms with van der Waals surface area (Å²) in [7, 11) is 1.31. The highest BCUT2D eigenvalue weighted by atomic mass is 16.5. The molecule has 0 aromatic rings. The molecule has 2 N–H and O–H groups in total. The Morgan fingerprint density at radius 1 is 1.60 bits per heavy atom. The van der Waals surface area contributed by atoms with E-state index in [1.54, 1.807) is 0 Å². The minimum atomic E-state index is 0.0391. The molecule has 5 heteroatoms. The second-order valence-electron chi connectivity index (χ2n) is 1.59. The van der Waals surface area contributed by atoms with Crippen LogP contribution in [0, 0.1) is 0 Å². The summed E-state index contributed by atoms with van der Waals surface area (Å²) in [5, 5.41) is 11.0. The predicted molar refractivity (Wildman–Crippen MR) is 38.4 cm³/mol. The average Bonchev–Trinajstić information content (AvgIpc) is 1.97. The normalized spacial score (nSPS) is 9.30. The summed E-state index contributed by atoms with van der Waals surface area (Å²) in [5.74, 6) is 0. The highest BCUT2D eigenvalue weighted by Crippen LogP contribution is 1.69. The highest BCUT2D eigenvalue weighted by Gasteiger charge is 1.87. The Labute approximate surface area is 60.8 Å². The smallest absolute Gasteiger partial charge is 0.290 e. The molecule has 0 aliphatic carbocycles. The Morgan fingerprint density at radius 3 is 3.00 bits per heavy atom. The molecule has 10 heavy (non-hydrogen) atoms. The third kappa shape index (κ3) is 7.61. The van der Waals surface area contributed by atoms with Crippen molar-refractivity contribution in [1.29, 1.82) is 0 Å². The van der Waals surface area contributed by atoms with Gasteiger partial charge in [0.15, 0.2) is 0 Å². The molecule has 4 nitrogen and oxygen atoms in total. The summed E-state index contributed by atoms with van der Waals surface area (Å²) in [6.45, 7) is 1.49. The molecule has 1 radical (unpaired) electrons. The van der Waals surface area contributed by atoms with Crippen molar-refractivity contribution < 1.29 is 14.6 Å². The zero-order chi connectivity index (χ0) is 7.66. The van der Waals surface area contributed by atoms with E-state index in [9.17, 15) is 4.79 Å². The second-order valence-corrected chi connectivity index (χ2v) is 1.59. The molecule has 0 aliphatic rings. The molecular formula is C5H11BNO3. The van der Waals surface area contributed by atoms with E-state index >= 15 is 0 Å². The lowest BCUT2D eigenvalue weighted by molar-refractivity contribution is 0.0961. The van der Waals surface area contributed by atoms with Crippen molar-refractivity contribution >= 4 is 13.6 Å². The summed E-state index contributed by atoms with van der Waals surface area (Å²) in [4.78, 5) is 9.69. The lowest BCUT2D eigenvalue weighted by atomic mass is 9.99. The number of hydrogen-bond acceptors (Lipinski definition) is 4. The SMILES string of the molecule is O=C[B]NCCOCCO. The molecule has 0 amide bonds. The second kappa shape index (κ2) is 8.61. The molecule has 57 valence electrons. The first-order valence-corrected chi connectivity index (χ1v) is 3.10. The van der Waals surface area contributed by atoms with Crippen LogP contribution in [0.1, 0.15) is 0 Å². The van der Waals surface area contributed by atoms with Gasteiger partial charge in [0.2, 0.25) is 0 Å². The Bertz CT molecular complexity index is 81.3. The minimum absolute atomic E-state index is 0.0391. The van der Waals surface area contributed by atoms with Crippen molar-refractivity contribution in [1.82, 2.24) is 5.23 Å². The van der Waals surface area contributed by atoms with E-state index in [-0.39, 0.29) is 6.61 Å². The lowest BCUT2D eigenvalue weighted by Crippen LogP contribution is -2.25. The first kappa shape index (κ1) is 9.61. The first-order chi connectivity index (χ1) is 4.91. The Balaban J connectivity index is 2.70. The van der Waals surface area contributed by atoms with Gasteiger partial charge in [-0.15, -0.1) is 0 Å². The number of ether oxygens (including phenoxy) is 1. The van der Waals surface area contributed by atoms with Crippen molar-refractivity contribution in [2.75, 3.05) is 26.4 Å². The van der Waals surface area contributed by atoms with Gasteiger partial charge < -0.3 is 19.9 Å². The number of carbonyl (C=O) groups is 1. The quantitative estimate of drug-likeness (QED) is 0.256. The third-order valence-electron chi connectivity index (χ3n) is 0.812. The van der Waals surface area contributed by atoms with Gasteiger partial charge in [-0.1, -0.05) is 0 Å². The van der Waals surface area contributed by atoms with Gasteiger partial charge >= 0.3 is 0 Å². The fourth-order valence-corrected chi connectivity index (χ4v) is 0.429. The van der Waals surface area contributed by atoms with Crippen molar-refractivity contribution in [3.63, 3.8) is 0 Å². The molecular weight excluding hydrogens is 133 g/mol. The van der Waals surface area contributed by atoms with Gasteiger partial charge in [-0.05, 0) is 0 Å². The summed E-state index contributed by atoms with van der Waals surface area (Å²) in [6, 6.07) is 0. The van der Waals surface area contributed by atoms with Gasteiger partial charge in [0.05, 0.1) is 26.0 Å². The van der Waals surface area contributed by atoms with Gasteiger partial charge in [-0.25, -0.2) is 0 Å². The fourth-order valence-electron chi connectivity index (χ4n) is 0.429. The van der Waals surface area contributed by atoms with Crippen molar-refractivity contribution in [3.05, 3.63) is 0 Å². The molecule has 0 rings (SSSR count). The van der Waals surface area contributed by atoms with Gasteiger partial charge in [-0.2, -0.15) is 0 Å². The van der Waals surface area contributed by atoms with Gasteiger partial charge in [0, 0.05) is 6.54 Å². The fraction of sp³-hybridized carbons (Fsp3) is 0.800. The zero-order valence-electron chi connectivity index (χ0n) is 5.75. The Kier molecular flexibility index (Phi) is 8.28. The van der Waals surface area contributed by atoms with Crippen LogP contribution in [-0.4, -0.2) is 45.1 Å². The van der Waals surface area contributed by atoms with Crippen molar-refractivity contribution in [2.24, 2.45) is 0 Å². The topological polar surface area (TPSA) is 58.6 Å². The number of nitrogens with one attached hydrogen (secondary N) is 1. The Morgan fingerprint density at radius 2 is 2.40 bits per heavy atom. The van der Waals surface area contributed by atoms with Gasteiger partial charge in [0.25, 0.3) is 7.41 Å². The van der Waals surface area contributed by atoms with E-state index in [4.69, 9.17) is 9.84 Å². The molecule has 0 aromatic heterocycles. The molecule has 0 bridgehead atoms. The summed E-state index contributed by atoms with van der Waals surface area (Å²) < 4.78 is 4.88. The molecule has 0 aromatic carbocycles. The number of hydrogen-bond donors (Lipinski definition) is 2. The largest absolute Gasteiger partial charge is 0.394 e. The van der Waals surface area contributed by atoms with E-state index in [2.05, 4.69) is 5.23 Å². The first-order valence-electron chi connectivity index (χ1n) is 3.10. The molecule has 0 spiro atoms. The van der Waals surface area contributed by atoms with Gasteiger partial charge in [0.1, 0.15) is 0 Å². The summed E-state index contributed by atoms with van der Waals surface area (Å²) in [6.07, 6.45) is 0.673. The van der Waals surface area contributed by atoms with Crippen LogP contribution in [0.4, 0.5) is 0 Å². The van der Waals surface area contributed by atoms with E-state index in [1.807, 2.05) is 0 Å². The molecule has 0 atom stereocenters. The highest BCUT2D eigenvalue weighted by molar-refractivity contribution is 6.64. The van der Waals surface area contributed by atoms with Crippen molar-refractivity contribution in [2.45, 2.75) is 0 Å². The number of aliphatic hydroxyl groups excluding tert-OH is 1. The standard InChI is InChI=1S/C5H11BNO3/c8-2-4-10-3-1-7-6-5-9/h5,7-8H,1-4H2. The Hall–Kier alpha value is -0.385. The van der Waals surface area contributed by atoms with Crippen LogP contribution >= 0.6 is 0 Å². The van der Waals surface area contributed by atoms with Crippen LogP contribution in [0.2, 0.25) is 0 Å². The van der Waals surface area contributed by atoms with Crippen LogP contribution < -0.4 is 5.23 Å². The molecule has 0 aliphatic heterocycles. The average molecular weight is 144 g/mol. The van der Waals surface area contributed by atoms with Crippen LogP contribution in [0.3, 0.4) is 0 Å². The minimum Gasteiger partial charge on any atom is -0.394 e. The predicted octanol–water partition coefficient (Wildman–Crippen LogP) is -1.61. The summed E-state index contributed by atoms with van der Waals surface area (Å²) in [5.41, 5.74) is 0. The van der Waals surface area contributed by atoms with Crippen LogP contribution in [-0.2, 0) is 9.53 Å². The van der Waals surface area contributed by atoms with Crippen LogP contribution in [0.5, 0.6) is 0 Å². The lowest BCUT2D eigenvalue weighted by Gasteiger charge is -2.00. The molecule has 0 fully saturated rings. The van der Waals surface area contributed by atoms with E-state index < -0.39 is 0 Å². The van der Waals surface area contributed by atoms with Gasteiger partial charge in [-0.3, -0.25) is 0 Å². The summed E-state index contributed by atoms with van der Waals surface area (Å²) >= 11 is 0. The van der Waals surface area contributed by atoms with E-state index in [0.717, 1.165) is 0 Å².